The summed E-state index contributed by atoms with van der Waals surface area (Å²) in [5.74, 6) is 2.60. The zero-order valence-corrected chi connectivity index (χ0v) is 22.3. The van der Waals surface area contributed by atoms with Crippen molar-refractivity contribution >= 4 is 39.3 Å². The van der Waals surface area contributed by atoms with E-state index in [0.717, 1.165) is 45.2 Å². The van der Waals surface area contributed by atoms with Crippen LogP contribution < -0.4 is 15.0 Å². The minimum absolute atomic E-state index is 0.00960. The molecular formula is C29H28FN5O3S. The Bertz CT molecular complexity index is 1600. The number of anilines is 1. The van der Waals surface area contributed by atoms with Gasteiger partial charge < -0.3 is 20.1 Å². The van der Waals surface area contributed by atoms with Gasteiger partial charge in [-0.05, 0) is 61.8 Å². The number of terminal acetylenes is 1. The summed E-state index contributed by atoms with van der Waals surface area (Å²) in [5.41, 5.74) is 1.69. The largest absolute Gasteiger partial charge is 0.508 e. The second-order valence-corrected chi connectivity index (χ2v) is 11.9. The van der Waals surface area contributed by atoms with Crippen LogP contribution in [0.2, 0.25) is 0 Å². The number of nitrogens with one attached hydrogen (secondary N) is 1. The number of ether oxygens (including phenoxy) is 1. The van der Waals surface area contributed by atoms with Gasteiger partial charge in [-0.25, -0.2) is 8.60 Å². The van der Waals surface area contributed by atoms with E-state index in [2.05, 4.69) is 21.1 Å². The fraction of sp³-hybridized carbons (Fsp3) is 0.379. The van der Waals surface area contributed by atoms with Crippen LogP contribution in [0, 0.1) is 18.2 Å². The lowest BCUT2D eigenvalue weighted by Gasteiger charge is -2.42. The number of benzene rings is 2. The lowest BCUT2D eigenvalue weighted by molar-refractivity contribution is 0.288. The standard InChI is InChI=1S/C29H28FN5O3S/c1-3-21-23(30)10-7-16-11-20(36)12-22(26(16)21)25-13-24-27(39(37)35(25)19-5-4-6-19)28(33-29(32-24)38-2)34-14-17-8-9-18(15-34)31-17/h1,7,10-13,17-19,31,36H,4-6,8-9,14-15H2,2H3. The maximum atomic E-state index is 14.9. The third-order valence-electron chi connectivity index (χ3n) is 8.29. The number of methoxy groups -OCH3 is 1. The van der Waals surface area contributed by atoms with E-state index in [9.17, 15) is 13.7 Å². The van der Waals surface area contributed by atoms with Crippen molar-refractivity contribution in [2.45, 2.75) is 55.1 Å². The Morgan fingerprint density at radius 1 is 1.18 bits per heavy atom. The van der Waals surface area contributed by atoms with Gasteiger partial charge in [-0.15, -0.1) is 6.42 Å². The fourth-order valence-electron chi connectivity index (χ4n) is 6.27. The molecule has 3 fully saturated rings. The first kappa shape index (κ1) is 24.4. The zero-order valence-electron chi connectivity index (χ0n) is 21.5. The Hall–Kier alpha value is -3.68. The first-order valence-corrected chi connectivity index (χ1v) is 14.4. The summed E-state index contributed by atoms with van der Waals surface area (Å²) < 4.78 is 36.8. The quantitative estimate of drug-likeness (QED) is 0.482. The first-order chi connectivity index (χ1) is 18.9. The van der Waals surface area contributed by atoms with Crippen LogP contribution in [-0.4, -0.2) is 61.9 Å². The number of phenols is 1. The van der Waals surface area contributed by atoms with Gasteiger partial charge >= 0.3 is 6.01 Å². The van der Waals surface area contributed by atoms with Gasteiger partial charge in [-0.2, -0.15) is 9.97 Å². The summed E-state index contributed by atoms with van der Waals surface area (Å²) in [7, 11) is -0.139. The lowest BCUT2D eigenvalue weighted by atomic mass is 9.90. The van der Waals surface area contributed by atoms with Crippen molar-refractivity contribution in [1.82, 2.24) is 19.6 Å². The molecule has 4 aliphatic rings. The molecule has 3 atom stereocenters. The summed E-state index contributed by atoms with van der Waals surface area (Å²) in [4.78, 5) is 12.1. The van der Waals surface area contributed by atoms with Crippen LogP contribution in [0.3, 0.4) is 0 Å². The highest BCUT2D eigenvalue weighted by Gasteiger charge is 2.41. The minimum Gasteiger partial charge on any atom is -0.508 e. The molecule has 3 aliphatic heterocycles. The Morgan fingerprint density at radius 2 is 1.95 bits per heavy atom. The van der Waals surface area contributed by atoms with Crippen LogP contribution in [-0.2, 0) is 11.0 Å². The van der Waals surface area contributed by atoms with Crippen LogP contribution in [0.15, 0.2) is 29.2 Å². The van der Waals surface area contributed by atoms with Gasteiger partial charge in [0, 0.05) is 42.2 Å². The molecule has 2 aromatic carbocycles. The van der Waals surface area contributed by atoms with Crippen LogP contribution in [0.1, 0.15) is 48.9 Å². The van der Waals surface area contributed by atoms with Crippen molar-refractivity contribution < 1.29 is 18.4 Å². The van der Waals surface area contributed by atoms with E-state index >= 15 is 0 Å². The molecule has 10 heteroatoms. The second kappa shape index (κ2) is 9.21. The highest BCUT2D eigenvalue weighted by atomic mass is 32.2. The Kier molecular flexibility index (Phi) is 5.75. The van der Waals surface area contributed by atoms with E-state index in [1.807, 2.05) is 10.4 Å². The van der Waals surface area contributed by atoms with Crippen molar-refractivity contribution in [3.05, 3.63) is 46.9 Å². The van der Waals surface area contributed by atoms with Crippen molar-refractivity contribution in [2.75, 3.05) is 25.1 Å². The lowest BCUT2D eigenvalue weighted by Crippen LogP contribution is -2.52. The maximum absolute atomic E-state index is 14.9. The number of hydrogen-bond donors (Lipinski definition) is 2. The molecular weight excluding hydrogens is 517 g/mol. The predicted octanol–water partition coefficient (Wildman–Crippen LogP) is 3.79. The first-order valence-electron chi connectivity index (χ1n) is 13.3. The van der Waals surface area contributed by atoms with Gasteiger partial charge in [-0.1, -0.05) is 12.0 Å². The van der Waals surface area contributed by atoms with Crippen molar-refractivity contribution in [3.8, 4) is 24.1 Å². The van der Waals surface area contributed by atoms with E-state index in [0.29, 0.717) is 50.5 Å². The molecule has 7 rings (SSSR count). The average molecular weight is 546 g/mol. The van der Waals surface area contributed by atoms with E-state index < -0.39 is 16.8 Å². The molecule has 1 aliphatic carbocycles. The normalized spacial score (nSPS) is 24.2. The van der Waals surface area contributed by atoms with E-state index in [-0.39, 0.29) is 23.4 Å². The smallest absolute Gasteiger partial charge is 0.318 e. The highest BCUT2D eigenvalue weighted by molar-refractivity contribution is 7.83. The molecule has 3 unspecified atom stereocenters. The summed E-state index contributed by atoms with van der Waals surface area (Å²) >= 11 is 0. The van der Waals surface area contributed by atoms with Crippen LogP contribution in [0.4, 0.5) is 10.2 Å². The molecule has 8 nitrogen and oxygen atoms in total. The van der Waals surface area contributed by atoms with Gasteiger partial charge in [0.15, 0.2) is 16.8 Å². The van der Waals surface area contributed by atoms with Crippen LogP contribution in [0.25, 0.3) is 22.5 Å². The fourth-order valence-corrected chi connectivity index (χ4v) is 7.90. The number of halogens is 1. The molecule has 4 heterocycles. The maximum Gasteiger partial charge on any atom is 0.318 e. The topological polar surface area (TPSA) is 90.8 Å². The highest BCUT2D eigenvalue weighted by Crippen LogP contribution is 2.46. The van der Waals surface area contributed by atoms with Crippen LogP contribution >= 0.6 is 0 Å². The molecule has 2 N–H and O–H groups in total. The number of nitrogens with zero attached hydrogens (tertiary/aromatic N) is 4. The molecule has 1 saturated carbocycles. The summed E-state index contributed by atoms with van der Waals surface area (Å²) in [6, 6.07) is 6.95. The van der Waals surface area contributed by atoms with Crippen molar-refractivity contribution in [3.63, 3.8) is 0 Å². The van der Waals surface area contributed by atoms with Crippen molar-refractivity contribution in [1.29, 1.82) is 0 Å². The SMILES string of the molecule is C#Cc1c(F)ccc2cc(O)cc(C3=Cc4nc(OC)nc(N5CC6CCC(C5)N6)c4S(=O)N3C3CCC3)c12. The summed E-state index contributed by atoms with van der Waals surface area (Å²) in [5, 5.41) is 15.4. The molecule has 0 radical (unpaired) electrons. The second-order valence-electron chi connectivity index (χ2n) is 10.6. The number of aromatic hydroxyl groups is 1. The molecule has 39 heavy (non-hydrogen) atoms. The van der Waals surface area contributed by atoms with Gasteiger partial charge in [-0.3, -0.25) is 4.31 Å². The molecule has 200 valence electrons. The number of rotatable bonds is 4. The third kappa shape index (κ3) is 3.86. The number of aromatic nitrogens is 2. The average Bonchev–Trinajstić information content (AvgIpc) is 3.25. The van der Waals surface area contributed by atoms with Gasteiger partial charge in [0.05, 0.1) is 24.1 Å². The summed E-state index contributed by atoms with van der Waals surface area (Å²) in [6.45, 7) is 1.53. The third-order valence-corrected chi connectivity index (χ3v) is 9.89. The minimum atomic E-state index is -1.66. The van der Waals surface area contributed by atoms with E-state index in [4.69, 9.17) is 16.1 Å². The molecule has 3 aromatic rings. The van der Waals surface area contributed by atoms with E-state index in [1.165, 1.54) is 13.2 Å². The van der Waals surface area contributed by atoms with Crippen LogP contribution in [0.5, 0.6) is 11.8 Å². The molecule has 2 bridgehead atoms. The number of piperazine rings is 1. The Balaban J connectivity index is 1.48. The van der Waals surface area contributed by atoms with Gasteiger partial charge in [0.25, 0.3) is 0 Å². The van der Waals surface area contributed by atoms with E-state index in [1.54, 1.807) is 18.2 Å². The molecule has 1 aromatic heterocycles. The Morgan fingerprint density at radius 3 is 2.62 bits per heavy atom. The monoisotopic (exact) mass is 545 g/mol. The molecule has 2 saturated heterocycles. The molecule has 0 spiro atoms. The molecule has 0 amide bonds. The predicted molar refractivity (Wildman–Crippen MR) is 148 cm³/mol. The summed E-state index contributed by atoms with van der Waals surface area (Å²) in [6.07, 6.45) is 12.6. The van der Waals surface area contributed by atoms with Crippen molar-refractivity contribution in [2.24, 2.45) is 0 Å². The van der Waals surface area contributed by atoms with Gasteiger partial charge in [0.2, 0.25) is 0 Å². The number of fused-ring (bicyclic) bond motifs is 4. The number of phenolic OH excluding ortho intramolecular Hbond substituents is 1. The Labute approximate surface area is 228 Å². The van der Waals surface area contributed by atoms with Gasteiger partial charge in [0.1, 0.15) is 16.5 Å². The number of hydrogen-bond acceptors (Lipinski definition) is 7. The zero-order chi connectivity index (χ0) is 26.8.